The second-order valence-electron chi connectivity index (χ2n) is 4.69. The van der Waals surface area contributed by atoms with Crippen molar-refractivity contribution in [3.05, 3.63) is 80.7 Å². The molecule has 3 rings (SSSR count). The van der Waals surface area contributed by atoms with Gasteiger partial charge in [0.25, 0.3) is 5.69 Å². The fourth-order valence-electron chi connectivity index (χ4n) is 2.38. The van der Waals surface area contributed by atoms with Gasteiger partial charge in [0.1, 0.15) is 11.4 Å². The molecule has 0 atom stereocenters. The number of nitro benzene ring substituents is 1. The van der Waals surface area contributed by atoms with Crippen LogP contribution in [0.25, 0.3) is 6.08 Å². The summed E-state index contributed by atoms with van der Waals surface area (Å²) in [4.78, 5) is 34.9. The molecule has 0 spiro atoms. The molecule has 0 N–H and O–H groups in total. The summed E-state index contributed by atoms with van der Waals surface area (Å²) >= 11 is 0. The largest absolute Gasteiger partial charge is 0.288 e. The minimum atomic E-state index is -0.754. The van der Waals surface area contributed by atoms with E-state index in [1.165, 1.54) is 30.3 Å². The summed E-state index contributed by atoms with van der Waals surface area (Å²) < 4.78 is 13.7. The molecule has 0 radical (unpaired) electrons. The maximum absolute atomic E-state index is 13.7. The van der Waals surface area contributed by atoms with Crippen molar-refractivity contribution in [1.82, 2.24) is 0 Å². The number of hydrogen-bond acceptors (Lipinski definition) is 4. The quantitative estimate of drug-likeness (QED) is 0.369. The monoisotopic (exact) mass is 297 g/mol. The number of fused-ring (bicyclic) bond motifs is 1. The second kappa shape index (κ2) is 5.00. The summed E-state index contributed by atoms with van der Waals surface area (Å²) in [5.74, 6) is -1.97. The van der Waals surface area contributed by atoms with Crippen LogP contribution in [0.4, 0.5) is 10.1 Å². The van der Waals surface area contributed by atoms with Gasteiger partial charge in [0.2, 0.25) is 5.78 Å². The Hall–Kier alpha value is -3.15. The summed E-state index contributed by atoms with van der Waals surface area (Å²) in [6.07, 6.45) is 1.13. The van der Waals surface area contributed by atoms with Crippen LogP contribution in [0.2, 0.25) is 0 Å². The van der Waals surface area contributed by atoms with Crippen LogP contribution < -0.4 is 0 Å². The first-order valence-electron chi connectivity index (χ1n) is 6.33. The molecule has 2 aromatic rings. The van der Waals surface area contributed by atoms with E-state index in [4.69, 9.17) is 0 Å². The molecule has 0 aromatic heterocycles. The predicted octanol–water partition coefficient (Wildman–Crippen LogP) is 3.20. The van der Waals surface area contributed by atoms with Gasteiger partial charge in [0, 0.05) is 17.2 Å². The van der Waals surface area contributed by atoms with Crippen molar-refractivity contribution >= 4 is 23.3 Å². The number of ketones is 2. The van der Waals surface area contributed by atoms with Gasteiger partial charge in [-0.3, -0.25) is 19.7 Å². The van der Waals surface area contributed by atoms with Crippen molar-refractivity contribution in [2.75, 3.05) is 0 Å². The first kappa shape index (κ1) is 13.8. The summed E-state index contributed by atoms with van der Waals surface area (Å²) in [5, 5.41) is 11.0. The van der Waals surface area contributed by atoms with Gasteiger partial charge in [-0.05, 0) is 18.2 Å². The van der Waals surface area contributed by atoms with E-state index in [2.05, 4.69) is 0 Å². The van der Waals surface area contributed by atoms with Crippen LogP contribution in [0.3, 0.4) is 0 Å². The average molecular weight is 297 g/mol. The van der Waals surface area contributed by atoms with E-state index in [1.54, 1.807) is 6.07 Å². The molecule has 0 saturated heterocycles. The zero-order valence-corrected chi connectivity index (χ0v) is 11.1. The van der Waals surface area contributed by atoms with Gasteiger partial charge in [0.15, 0.2) is 5.78 Å². The molecule has 0 fully saturated rings. The first-order valence-corrected chi connectivity index (χ1v) is 6.33. The van der Waals surface area contributed by atoms with Crippen LogP contribution in [-0.2, 0) is 0 Å². The van der Waals surface area contributed by atoms with Crippen LogP contribution in [0, 0.1) is 15.9 Å². The number of hydrogen-bond donors (Lipinski definition) is 0. The Bertz CT molecular complexity index is 870. The molecule has 0 saturated carbocycles. The smallest absolute Gasteiger partial charge is 0.281 e. The molecule has 0 bridgehead atoms. The van der Waals surface area contributed by atoms with E-state index in [1.807, 2.05) is 0 Å². The fraction of sp³-hybridized carbons (Fsp3) is 0. The van der Waals surface area contributed by atoms with E-state index < -0.39 is 28.0 Å². The third kappa shape index (κ3) is 2.01. The predicted molar refractivity (Wildman–Crippen MR) is 76.1 cm³/mol. The molecule has 108 valence electrons. The lowest BCUT2D eigenvalue weighted by Gasteiger charge is -1.97. The van der Waals surface area contributed by atoms with Crippen molar-refractivity contribution in [3.63, 3.8) is 0 Å². The number of carbonyl (C=O) groups excluding carboxylic acids is 2. The highest BCUT2D eigenvalue weighted by Crippen LogP contribution is 2.34. The summed E-state index contributed by atoms with van der Waals surface area (Å²) in [7, 11) is 0. The Kier molecular flexibility index (Phi) is 3.14. The van der Waals surface area contributed by atoms with Gasteiger partial charge in [-0.15, -0.1) is 0 Å². The maximum Gasteiger partial charge on any atom is 0.281 e. The zero-order chi connectivity index (χ0) is 15.9. The van der Waals surface area contributed by atoms with Crippen molar-refractivity contribution in [1.29, 1.82) is 0 Å². The van der Waals surface area contributed by atoms with Crippen LogP contribution in [0.5, 0.6) is 0 Å². The Labute approximate surface area is 123 Å². The molecule has 0 heterocycles. The molecule has 0 amide bonds. The average Bonchev–Trinajstić information content (AvgIpc) is 2.74. The lowest BCUT2D eigenvalue weighted by molar-refractivity contribution is -0.385. The van der Waals surface area contributed by atoms with Crippen molar-refractivity contribution in [3.8, 4) is 0 Å². The van der Waals surface area contributed by atoms with E-state index in [9.17, 15) is 24.1 Å². The highest BCUT2D eigenvalue weighted by molar-refractivity contribution is 6.42. The van der Waals surface area contributed by atoms with Gasteiger partial charge < -0.3 is 0 Å². The number of benzene rings is 2. The summed E-state index contributed by atoms with van der Waals surface area (Å²) in [6.45, 7) is 0. The van der Waals surface area contributed by atoms with Crippen LogP contribution in [0.1, 0.15) is 26.3 Å². The van der Waals surface area contributed by atoms with Crippen molar-refractivity contribution < 1.29 is 18.9 Å². The minimum Gasteiger partial charge on any atom is -0.288 e. The summed E-state index contributed by atoms with van der Waals surface area (Å²) in [6, 6.07) is 9.52. The second-order valence-corrected chi connectivity index (χ2v) is 4.69. The Morgan fingerprint density at radius 2 is 1.73 bits per heavy atom. The third-order valence-corrected chi connectivity index (χ3v) is 3.41. The molecular weight excluding hydrogens is 289 g/mol. The fourth-order valence-corrected chi connectivity index (χ4v) is 2.38. The highest BCUT2D eigenvalue weighted by Gasteiger charge is 2.38. The molecule has 1 aliphatic carbocycles. The van der Waals surface area contributed by atoms with Crippen molar-refractivity contribution in [2.24, 2.45) is 0 Å². The Morgan fingerprint density at radius 1 is 1.00 bits per heavy atom. The number of carbonyl (C=O) groups is 2. The lowest BCUT2D eigenvalue weighted by atomic mass is 10.1. The standard InChI is InChI=1S/C16H8FNO4/c17-12-6-2-1-4-9(12)8-11-15(19)10-5-3-7-13(18(21)22)14(10)16(11)20/h1-8H/b11-8+. The van der Waals surface area contributed by atoms with Gasteiger partial charge in [0.05, 0.1) is 10.5 Å². The van der Waals surface area contributed by atoms with E-state index in [0.29, 0.717) is 0 Å². The molecule has 5 nitrogen and oxygen atoms in total. The van der Waals surface area contributed by atoms with Gasteiger partial charge in [-0.1, -0.05) is 24.3 Å². The molecule has 2 aromatic carbocycles. The normalized spacial score (nSPS) is 15.2. The maximum atomic E-state index is 13.7. The topological polar surface area (TPSA) is 77.3 Å². The third-order valence-electron chi connectivity index (χ3n) is 3.41. The van der Waals surface area contributed by atoms with Gasteiger partial charge >= 0.3 is 0 Å². The van der Waals surface area contributed by atoms with Crippen LogP contribution in [-0.4, -0.2) is 16.5 Å². The van der Waals surface area contributed by atoms with Crippen LogP contribution in [0.15, 0.2) is 48.0 Å². The zero-order valence-electron chi connectivity index (χ0n) is 11.1. The molecule has 1 aliphatic rings. The van der Waals surface area contributed by atoms with Crippen molar-refractivity contribution in [2.45, 2.75) is 0 Å². The number of nitrogens with zero attached hydrogens (tertiary/aromatic N) is 1. The number of halogens is 1. The van der Waals surface area contributed by atoms with E-state index >= 15 is 0 Å². The highest BCUT2D eigenvalue weighted by atomic mass is 19.1. The lowest BCUT2D eigenvalue weighted by Crippen LogP contribution is -2.02. The number of Topliss-reactive ketones (excluding diaryl/α,β-unsaturated/α-hetero) is 2. The summed E-state index contributed by atoms with van der Waals surface area (Å²) in [5.41, 5.74) is -0.876. The number of nitro groups is 1. The van der Waals surface area contributed by atoms with Crippen LogP contribution >= 0.6 is 0 Å². The molecule has 22 heavy (non-hydrogen) atoms. The van der Waals surface area contributed by atoms with E-state index in [0.717, 1.165) is 12.1 Å². The van der Waals surface area contributed by atoms with E-state index in [-0.39, 0.29) is 22.3 Å². The number of allylic oxidation sites excluding steroid dienone is 1. The number of rotatable bonds is 2. The molecule has 0 aliphatic heterocycles. The Balaban J connectivity index is 2.18. The minimum absolute atomic E-state index is 0.0261. The molecule has 6 heteroatoms. The van der Waals surface area contributed by atoms with Gasteiger partial charge in [-0.25, -0.2) is 4.39 Å². The molecule has 0 unspecified atom stereocenters. The molecular formula is C16H8FNO4. The Morgan fingerprint density at radius 3 is 2.41 bits per heavy atom. The SMILES string of the molecule is O=C1/C(=C\c2ccccc2F)C(=O)c2c1cccc2[N+](=O)[O-]. The van der Waals surface area contributed by atoms with Gasteiger partial charge in [-0.2, -0.15) is 0 Å². The first-order chi connectivity index (χ1) is 10.5.